The van der Waals surface area contributed by atoms with E-state index < -0.39 is 0 Å². The highest BCUT2D eigenvalue weighted by Gasteiger charge is 2.31. The maximum absolute atomic E-state index is 4.87. The van der Waals surface area contributed by atoms with Crippen molar-refractivity contribution >= 4 is 40.1 Å². The van der Waals surface area contributed by atoms with Crippen LogP contribution in [0.5, 0.6) is 0 Å². The SMILES string of the molecule is Cc1cc(-c2c(-c3ccc(-c4ccccn4)cc3)cccc2-c2ccc(-c3cc(-c4ccccc4)ccn3)cc2)cc(-c2c(-c3ccc(N4CN(C)c5ccccc54)cc3)cccc2-c2ccc(N3CN(c4ccccc4)c4nccnc43)cc2)c1. The summed E-state index contributed by atoms with van der Waals surface area (Å²) >= 11 is 0. The number of nitrogens with zero attached hydrogens (tertiary/aromatic N) is 8. The molecule has 0 saturated carbocycles. The number of aryl methyl sites for hydroxylation is 1. The zero-order valence-corrected chi connectivity index (χ0v) is 47.7. The highest BCUT2D eigenvalue weighted by molar-refractivity contribution is 6.00. The van der Waals surface area contributed by atoms with E-state index in [4.69, 9.17) is 15.0 Å². The molecule has 15 rings (SSSR count). The fourth-order valence-electron chi connectivity index (χ4n) is 12.6. The van der Waals surface area contributed by atoms with Crippen LogP contribution >= 0.6 is 0 Å². The monoisotopic (exact) mass is 1110 g/mol. The molecule has 0 aliphatic carbocycles. The summed E-state index contributed by atoms with van der Waals surface area (Å²) in [5.41, 5.74) is 26.8. The summed E-state index contributed by atoms with van der Waals surface area (Å²) in [5, 5.41) is 0. The molecule has 3 aromatic heterocycles. The van der Waals surface area contributed by atoms with E-state index in [1.807, 2.05) is 30.6 Å². The van der Waals surface area contributed by atoms with Crippen LogP contribution in [0, 0.1) is 6.92 Å². The standard InChI is InChI=1S/C78H58N8/c1-53-47-62(75-67(55-26-30-59(31-27-55)71-23-11-12-43-79-71)19-13-20-68(75)56-28-32-60(33-29-56)72-50-61(42-44-80-72)54-15-5-3-6-16-54)49-63(48-53)76-69(57-34-38-65(39-35-57)84-51-83(2)73-24-9-10-25-74(73)84)21-14-22-70(76)58-36-40-66(41-37-58)86-52-85(64-17-7-4-8-18-64)77-78(86)82-46-45-81-77/h3-50H,51-52H2,1-2H3. The molecular weight excluding hydrogens is 1050 g/mol. The Morgan fingerprint density at radius 2 is 0.733 bits per heavy atom. The van der Waals surface area contributed by atoms with E-state index in [0.29, 0.717) is 6.67 Å². The largest absolute Gasteiger partial charge is 0.355 e. The number of hydrogen-bond acceptors (Lipinski definition) is 8. The second-order valence-electron chi connectivity index (χ2n) is 22.1. The third kappa shape index (κ3) is 9.68. The molecule has 2 aliphatic heterocycles. The Bertz CT molecular complexity index is 4590. The van der Waals surface area contributed by atoms with Gasteiger partial charge in [0.1, 0.15) is 6.67 Å². The molecule has 0 spiro atoms. The first-order valence-corrected chi connectivity index (χ1v) is 29.2. The van der Waals surface area contributed by atoms with Gasteiger partial charge in [-0.25, -0.2) is 9.97 Å². The number of fused-ring (bicyclic) bond motifs is 2. The van der Waals surface area contributed by atoms with E-state index >= 15 is 0 Å². The van der Waals surface area contributed by atoms with Crippen molar-refractivity contribution in [2.24, 2.45) is 0 Å². The van der Waals surface area contributed by atoms with Crippen molar-refractivity contribution in [2.45, 2.75) is 6.92 Å². The molecule has 8 nitrogen and oxygen atoms in total. The van der Waals surface area contributed by atoms with Gasteiger partial charge >= 0.3 is 0 Å². The van der Waals surface area contributed by atoms with Crippen molar-refractivity contribution in [1.82, 2.24) is 19.9 Å². The van der Waals surface area contributed by atoms with Gasteiger partial charge in [0, 0.05) is 60.0 Å². The van der Waals surface area contributed by atoms with Crippen molar-refractivity contribution in [3.05, 3.63) is 297 Å². The molecule has 0 atom stereocenters. The van der Waals surface area contributed by atoms with E-state index in [1.54, 1.807) is 12.4 Å². The van der Waals surface area contributed by atoms with Crippen molar-refractivity contribution in [1.29, 1.82) is 0 Å². The summed E-state index contributed by atoms with van der Waals surface area (Å²) in [6.07, 6.45) is 7.31. The molecule has 5 heterocycles. The number of rotatable bonds is 12. The number of pyridine rings is 2. The minimum atomic E-state index is 0.590. The predicted octanol–water partition coefficient (Wildman–Crippen LogP) is 19.4. The van der Waals surface area contributed by atoms with Crippen molar-refractivity contribution in [3.63, 3.8) is 0 Å². The molecule has 0 fully saturated rings. The van der Waals surface area contributed by atoms with Crippen LogP contribution < -0.4 is 19.6 Å². The second-order valence-corrected chi connectivity index (χ2v) is 22.1. The molecule has 410 valence electrons. The van der Waals surface area contributed by atoms with Gasteiger partial charge in [0.2, 0.25) is 0 Å². The number of para-hydroxylation sites is 3. The number of hydrogen-bond donors (Lipinski definition) is 0. The fraction of sp³-hybridized carbons (Fsp3) is 0.0513. The zero-order valence-electron chi connectivity index (χ0n) is 47.7. The molecule has 0 saturated heterocycles. The van der Waals surface area contributed by atoms with E-state index in [9.17, 15) is 0 Å². The minimum absolute atomic E-state index is 0.590. The number of benzene rings is 10. The van der Waals surface area contributed by atoms with Crippen LogP contribution in [0.25, 0.3) is 100 Å². The van der Waals surface area contributed by atoms with E-state index in [0.717, 1.165) is 136 Å². The third-order valence-electron chi connectivity index (χ3n) is 16.7. The lowest BCUT2D eigenvalue weighted by molar-refractivity contribution is 0.950. The average molecular weight is 1110 g/mol. The Hall–Kier alpha value is -11.2. The van der Waals surface area contributed by atoms with Crippen molar-refractivity contribution < 1.29 is 0 Å². The van der Waals surface area contributed by atoms with Crippen LogP contribution in [0.4, 0.5) is 40.1 Å². The molecule has 13 aromatic rings. The van der Waals surface area contributed by atoms with Gasteiger partial charge in [-0.1, -0.05) is 188 Å². The minimum Gasteiger partial charge on any atom is -0.355 e. The Labute approximate surface area is 501 Å². The lowest BCUT2D eigenvalue weighted by Crippen LogP contribution is -2.24. The van der Waals surface area contributed by atoms with Gasteiger partial charge in [-0.05, 0) is 169 Å². The molecule has 0 N–H and O–H groups in total. The molecule has 8 heteroatoms. The zero-order chi connectivity index (χ0) is 57.5. The van der Waals surface area contributed by atoms with Crippen LogP contribution in [-0.2, 0) is 0 Å². The first-order valence-electron chi connectivity index (χ1n) is 29.2. The highest BCUT2D eigenvalue weighted by Crippen LogP contribution is 2.48. The lowest BCUT2D eigenvalue weighted by Gasteiger charge is -2.22. The first kappa shape index (κ1) is 51.6. The Kier molecular flexibility index (Phi) is 13.3. The Morgan fingerprint density at radius 1 is 0.279 bits per heavy atom. The van der Waals surface area contributed by atoms with Crippen molar-refractivity contribution in [3.8, 4) is 100 Å². The summed E-state index contributed by atoms with van der Waals surface area (Å²) in [6, 6.07) is 96.4. The van der Waals surface area contributed by atoms with E-state index in [-0.39, 0.29) is 0 Å². The average Bonchev–Trinajstić information content (AvgIpc) is 1.98. The summed E-state index contributed by atoms with van der Waals surface area (Å²) in [6.45, 7) is 3.60. The topological polar surface area (TPSA) is 64.5 Å². The lowest BCUT2D eigenvalue weighted by atomic mass is 9.83. The summed E-state index contributed by atoms with van der Waals surface area (Å²) in [4.78, 5) is 28.4. The third-order valence-corrected chi connectivity index (χ3v) is 16.7. The molecule has 0 radical (unpaired) electrons. The molecule has 86 heavy (non-hydrogen) atoms. The van der Waals surface area contributed by atoms with Crippen LogP contribution in [0.3, 0.4) is 0 Å². The van der Waals surface area contributed by atoms with Gasteiger partial charge in [0.25, 0.3) is 0 Å². The van der Waals surface area contributed by atoms with Gasteiger partial charge in [0.05, 0.1) is 29.4 Å². The molecular formula is C78H58N8. The van der Waals surface area contributed by atoms with E-state index in [2.05, 4.69) is 287 Å². The molecule has 2 aliphatic rings. The van der Waals surface area contributed by atoms with Crippen LogP contribution in [0.1, 0.15) is 5.56 Å². The quantitative estimate of drug-likeness (QED) is 0.120. The number of aromatic nitrogens is 4. The van der Waals surface area contributed by atoms with Crippen LogP contribution in [0.2, 0.25) is 0 Å². The van der Waals surface area contributed by atoms with E-state index in [1.165, 1.54) is 16.9 Å². The van der Waals surface area contributed by atoms with Gasteiger partial charge in [-0.3, -0.25) is 9.97 Å². The van der Waals surface area contributed by atoms with Crippen molar-refractivity contribution in [2.75, 3.05) is 40.0 Å². The summed E-state index contributed by atoms with van der Waals surface area (Å²) in [5.74, 6) is 1.67. The smallest absolute Gasteiger partial charge is 0.178 e. The van der Waals surface area contributed by atoms with Crippen LogP contribution in [0.15, 0.2) is 292 Å². The molecule has 0 amide bonds. The molecule has 0 bridgehead atoms. The first-order chi connectivity index (χ1) is 42.5. The fourth-order valence-corrected chi connectivity index (χ4v) is 12.6. The van der Waals surface area contributed by atoms with Gasteiger partial charge in [0.15, 0.2) is 11.6 Å². The second kappa shape index (κ2) is 22.2. The van der Waals surface area contributed by atoms with Gasteiger partial charge in [-0.15, -0.1) is 0 Å². The van der Waals surface area contributed by atoms with Gasteiger partial charge in [-0.2, -0.15) is 0 Å². The van der Waals surface area contributed by atoms with Gasteiger partial charge < -0.3 is 19.6 Å². The Morgan fingerprint density at radius 3 is 1.28 bits per heavy atom. The molecule has 0 unspecified atom stereocenters. The maximum atomic E-state index is 4.87. The number of anilines is 7. The predicted molar refractivity (Wildman–Crippen MR) is 355 cm³/mol. The highest BCUT2D eigenvalue weighted by atomic mass is 15.4. The summed E-state index contributed by atoms with van der Waals surface area (Å²) in [7, 11) is 2.16. The molecule has 10 aromatic carbocycles. The Balaban J connectivity index is 0.870. The normalized spacial score (nSPS) is 12.6. The maximum Gasteiger partial charge on any atom is 0.178 e. The summed E-state index contributed by atoms with van der Waals surface area (Å²) < 4.78 is 0. The van der Waals surface area contributed by atoms with Crippen LogP contribution in [-0.4, -0.2) is 40.3 Å².